The number of hydrogen-bond acceptors (Lipinski definition) is 4. The maximum atomic E-state index is 10.4. The number of benzene rings is 1. The molecule has 1 aliphatic rings. The molecule has 0 unspecified atom stereocenters. The molecule has 15 heavy (non-hydrogen) atoms. The van der Waals surface area contributed by atoms with Crippen molar-refractivity contribution >= 4 is 11.4 Å². The predicted molar refractivity (Wildman–Crippen MR) is 55.9 cm³/mol. The van der Waals surface area contributed by atoms with Crippen LogP contribution >= 0.6 is 0 Å². The first-order valence-corrected chi connectivity index (χ1v) is 4.84. The molecule has 1 heterocycles. The monoisotopic (exact) mass is 208 g/mol. The number of nitro groups is 1. The van der Waals surface area contributed by atoms with E-state index >= 15 is 0 Å². The Morgan fingerprint density at radius 3 is 2.53 bits per heavy atom. The molecule has 1 fully saturated rings. The molecule has 0 saturated carbocycles. The molecule has 0 aliphatic carbocycles. The molecule has 1 atom stereocenters. The summed E-state index contributed by atoms with van der Waals surface area (Å²) in [6, 6.07) is 6.41. The summed E-state index contributed by atoms with van der Waals surface area (Å²) in [7, 11) is 0. The van der Waals surface area contributed by atoms with Crippen LogP contribution in [0.15, 0.2) is 24.3 Å². The summed E-state index contributed by atoms with van der Waals surface area (Å²) >= 11 is 0. The summed E-state index contributed by atoms with van der Waals surface area (Å²) in [5, 5.41) is 19.8. The van der Waals surface area contributed by atoms with Crippen LogP contribution in [-0.4, -0.2) is 29.2 Å². The number of rotatable bonds is 2. The number of hydrogen-bond donors (Lipinski definition) is 1. The Bertz CT molecular complexity index is 363. The number of nitrogens with zero attached hydrogens (tertiary/aromatic N) is 2. The van der Waals surface area contributed by atoms with E-state index in [0.29, 0.717) is 6.54 Å². The van der Waals surface area contributed by atoms with Gasteiger partial charge in [0.2, 0.25) is 0 Å². The quantitative estimate of drug-likeness (QED) is 0.585. The second kappa shape index (κ2) is 3.86. The maximum Gasteiger partial charge on any atom is 0.269 e. The van der Waals surface area contributed by atoms with E-state index in [1.54, 1.807) is 12.1 Å². The Kier molecular flexibility index (Phi) is 2.55. The van der Waals surface area contributed by atoms with Crippen LogP contribution in [0.2, 0.25) is 0 Å². The van der Waals surface area contributed by atoms with Crippen LogP contribution in [-0.2, 0) is 0 Å². The zero-order valence-corrected chi connectivity index (χ0v) is 8.17. The maximum absolute atomic E-state index is 10.4. The lowest BCUT2D eigenvalue weighted by Crippen LogP contribution is -2.20. The van der Waals surface area contributed by atoms with Crippen molar-refractivity contribution < 1.29 is 10.0 Å². The molecule has 0 spiro atoms. The van der Waals surface area contributed by atoms with Gasteiger partial charge in [-0.3, -0.25) is 10.1 Å². The fourth-order valence-corrected chi connectivity index (χ4v) is 1.76. The van der Waals surface area contributed by atoms with Gasteiger partial charge < -0.3 is 10.0 Å². The van der Waals surface area contributed by atoms with Gasteiger partial charge in [0, 0.05) is 30.9 Å². The van der Waals surface area contributed by atoms with Gasteiger partial charge in [0.1, 0.15) is 0 Å². The molecular weight excluding hydrogens is 196 g/mol. The molecule has 1 aromatic rings. The lowest BCUT2D eigenvalue weighted by molar-refractivity contribution is -0.384. The number of non-ortho nitro benzene ring substituents is 1. The molecule has 0 amide bonds. The SMILES string of the molecule is O=[N+]([O-])c1ccc(N2CC[C@@H](O)C2)cc1. The van der Waals surface area contributed by atoms with E-state index in [1.165, 1.54) is 12.1 Å². The Morgan fingerprint density at radius 1 is 1.40 bits per heavy atom. The number of β-amino-alcohol motifs (C(OH)–C–C–N with tert-alkyl or cyclic N) is 1. The highest BCUT2D eigenvalue weighted by Crippen LogP contribution is 2.22. The van der Waals surface area contributed by atoms with Gasteiger partial charge in [-0.2, -0.15) is 0 Å². The largest absolute Gasteiger partial charge is 0.391 e. The van der Waals surface area contributed by atoms with E-state index in [4.69, 9.17) is 0 Å². The summed E-state index contributed by atoms with van der Waals surface area (Å²) in [5.74, 6) is 0. The highest BCUT2D eigenvalue weighted by atomic mass is 16.6. The van der Waals surface area contributed by atoms with Crippen molar-refractivity contribution in [2.45, 2.75) is 12.5 Å². The summed E-state index contributed by atoms with van der Waals surface area (Å²) < 4.78 is 0. The number of aliphatic hydroxyl groups is 1. The second-order valence-electron chi connectivity index (χ2n) is 3.66. The third-order valence-electron chi connectivity index (χ3n) is 2.59. The van der Waals surface area contributed by atoms with Gasteiger partial charge >= 0.3 is 0 Å². The summed E-state index contributed by atoms with van der Waals surface area (Å²) in [4.78, 5) is 12.0. The number of anilines is 1. The first kappa shape index (κ1) is 9.92. The first-order chi connectivity index (χ1) is 7.16. The summed E-state index contributed by atoms with van der Waals surface area (Å²) in [5.41, 5.74) is 1.02. The van der Waals surface area contributed by atoms with Crippen LogP contribution < -0.4 is 4.90 Å². The number of nitro benzene ring substituents is 1. The minimum Gasteiger partial charge on any atom is -0.391 e. The van der Waals surface area contributed by atoms with E-state index in [0.717, 1.165) is 18.7 Å². The smallest absolute Gasteiger partial charge is 0.269 e. The minimum absolute atomic E-state index is 0.0958. The Labute approximate surface area is 87.1 Å². The van der Waals surface area contributed by atoms with Crippen LogP contribution in [0.1, 0.15) is 6.42 Å². The topological polar surface area (TPSA) is 66.6 Å². The zero-order chi connectivity index (χ0) is 10.8. The van der Waals surface area contributed by atoms with Crippen molar-refractivity contribution in [3.8, 4) is 0 Å². The van der Waals surface area contributed by atoms with Crippen LogP contribution in [0.5, 0.6) is 0 Å². The van der Waals surface area contributed by atoms with Gasteiger partial charge in [0.05, 0.1) is 11.0 Å². The van der Waals surface area contributed by atoms with Crippen molar-refractivity contribution in [1.29, 1.82) is 0 Å². The van der Waals surface area contributed by atoms with E-state index < -0.39 is 4.92 Å². The van der Waals surface area contributed by atoms with Crippen molar-refractivity contribution in [3.05, 3.63) is 34.4 Å². The second-order valence-corrected chi connectivity index (χ2v) is 3.66. The van der Waals surface area contributed by atoms with E-state index in [9.17, 15) is 15.2 Å². The third kappa shape index (κ3) is 2.07. The molecule has 0 radical (unpaired) electrons. The average Bonchev–Trinajstić information content (AvgIpc) is 2.65. The highest BCUT2D eigenvalue weighted by molar-refractivity contribution is 5.51. The van der Waals surface area contributed by atoms with Crippen molar-refractivity contribution in [2.24, 2.45) is 0 Å². The van der Waals surface area contributed by atoms with Crippen LogP contribution in [0.3, 0.4) is 0 Å². The van der Waals surface area contributed by atoms with Crippen molar-refractivity contribution in [2.75, 3.05) is 18.0 Å². The summed E-state index contributed by atoms with van der Waals surface area (Å²) in [6.07, 6.45) is 0.483. The molecule has 0 aromatic heterocycles. The van der Waals surface area contributed by atoms with Crippen molar-refractivity contribution in [1.82, 2.24) is 0 Å². The van der Waals surface area contributed by atoms with Crippen LogP contribution in [0, 0.1) is 10.1 Å². The first-order valence-electron chi connectivity index (χ1n) is 4.84. The number of aliphatic hydroxyl groups excluding tert-OH is 1. The third-order valence-corrected chi connectivity index (χ3v) is 2.59. The van der Waals surface area contributed by atoms with Gasteiger partial charge in [-0.1, -0.05) is 0 Å². The fourth-order valence-electron chi connectivity index (χ4n) is 1.76. The molecular formula is C10H12N2O3. The molecule has 0 bridgehead atoms. The molecule has 1 aliphatic heterocycles. The standard InChI is InChI=1S/C10H12N2O3/c13-10-5-6-11(7-10)8-1-3-9(4-2-8)12(14)15/h1-4,10,13H,5-7H2/t10-/m1/s1. The molecule has 1 aromatic carbocycles. The molecule has 5 heteroatoms. The highest BCUT2D eigenvalue weighted by Gasteiger charge is 2.20. The molecule has 1 N–H and O–H groups in total. The fraction of sp³-hybridized carbons (Fsp3) is 0.400. The average molecular weight is 208 g/mol. The van der Waals surface area contributed by atoms with Crippen LogP contribution in [0.25, 0.3) is 0 Å². The van der Waals surface area contributed by atoms with Gasteiger partial charge in [0.15, 0.2) is 0 Å². The van der Waals surface area contributed by atoms with Gasteiger partial charge in [-0.25, -0.2) is 0 Å². The van der Waals surface area contributed by atoms with Gasteiger partial charge in [0.25, 0.3) is 5.69 Å². The Hall–Kier alpha value is -1.62. The molecule has 1 saturated heterocycles. The van der Waals surface area contributed by atoms with Crippen LogP contribution in [0.4, 0.5) is 11.4 Å². The normalized spacial score (nSPS) is 20.6. The van der Waals surface area contributed by atoms with Gasteiger partial charge in [-0.05, 0) is 18.6 Å². The molecule has 2 rings (SSSR count). The lowest BCUT2D eigenvalue weighted by Gasteiger charge is -2.17. The Balaban J connectivity index is 2.13. The molecule has 80 valence electrons. The van der Waals surface area contributed by atoms with E-state index in [1.807, 2.05) is 4.90 Å². The van der Waals surface area contributed by atoms with Crippen molar-refractivity contribution in [3.63, 3.8) is 0 Å². The predicted octanol–water partition coefficient (Wildman–Crippen LogP) is 1.17. The zero-order valence-electron chi connectivity index (χ0n) is 8.17. The summed E-state index contributed by atoms with van der Waals surface area (Å²) in [6.45, 7) is 1.41. The van der Waals surface area contributed by atoms with E-state index in [2.05, 4.69) is 0 Å². The Morgan fingerprint density at radius 2 is 2.07 bits per heavy atom. The van der Waals surface area contributed by atoms with E-state index in [-0.39, 0.29) is 11.8 Å². The molecule has 5 nitrogen and oxygen atoms in total. The minimum atomic E-state index is -0.414. The van der Waals surface area contributed by atoms with Gasteiger partial charge in [-0.15, -0.1) is 0 Å². The lowest BCUT2D eigenvalue weighted by atomic mass is 10.2.